The summed E-state index contributed by atoms with van der Waals surface area (Å²) >= 11 is 7.97. The number of carbonyl (C=O) groups excluding carboxylic acids is 1. The molecule has 4 rings (SSSR count). The molecular weight excluding hydrogens is 430 g/mol. The van der Waals surface area contributed by atoms with Crippen LogP contribution in [0.3, 0.4) is 0 Å². The fourth-order valence-electron chi connectivity index (χ4n) is 4.39. The first kappa shape index (κ1) is 22.4. The molecule has 2 aromatic rings. The van der Waals surface area contributed by atoms with Gasteiger partial charge in [0.15, 0.2) is 0 Å². The number of nitrogens with two attached hydrogens (primary N) is 1. The van der Waals surface area contributed by atoms with Crippen LogP contribution < -0.4 is 5.73 Å². The maximum absolute atomic E-state index is 13.1. The molecule has 1 amide bonds. The Morgan fingerprint density at radius 2 is 1.84 bits per heavy atom. The quantitative estimate of drug-likeness (QED) is 0.683. The SMILES string of the molecule is CC(c1ccnc(N)c1)N1CCC(C(=O)N2CCN(Sc3ccccc3Cl)CC2)CC1. The van der Waals surface area contributed by atoms with Crippen LogP contribution in [0.4, 0.5) is 5.82 Å². The lowest BCUT2D eigenvalue weighted by Crippen LogP contribution is -2.50. The minimum absolute atomic E-state index is 0.133. The van der Waals surface area contributed by atoms with E-state index in [9.17, 15) is 4.79 Å². The largest absolute Gasteiger partial charge is 0.384 e. The van der Waals surface area contributed by atoms with E-state index in [-0.39, 0.29) is 12.0 Å². The summed E-state index contributed by atoms with van der Waals surface area (Å²) in [7, 11) is 0. The molecule has 0 radical (unpaired) electrons. The lowest BCUT2D eigenvalue weighted by molar-refractivity contribution is -0.138. The number of nitrogens with zero attached hydrogens (tertiary/aromatic N) is 4. The summed E-state index contributed by atoms with van der Waals surface area (Å²) in [6.45, 7) is 7.35. The number of pyridine rings is 1. The zero-order valence-corrected chi connectivity index (χ0v) is 19.5. The number of amides is 1. The lowest BCUT2D eigenvalue weighted by Gasteiger charge is -2.39. The van der Waals surface area contributed by atoms with Gasteiger partial charge in [0.2, 0.25) is 5.91 Å². The highest BCUT2D eigenvalue weighted by Gasteiger charge is 2.32. The van der Waals surface area contributed by atoms with Gasteiger partial charge in [-0.2, -0.15) is 0 Å². The number of hydrogen-bond donors (Lipinski definition) is 1. The molecule has 2 aliphatic heterocycles. The molecule has 3 heterocycles. The summed E-state index contributed by atoms with van der Waals surface area (Å²) in [5.74, 6) is 1.01. The van der Waals surface area contributed by atoms with Crippen LogP contribution in [0, 0.1) is 5.92 Å². The first-order valence-electron chi connectivity index (χ1n) is 10.9. The molecule has 6 nitrogen and oxygen atoms in total. The maximum Gasteiger partial charge on any atom is 0.225 e. The zero-order valence-electron chi connectivity index (χ0n) is 17.9. The first-order valence-corrected chi connectivity index (χ1v) is 12.1. The van der Waals surface area contributed by atoms with Crippen LogP contribution in [-0.2, 0) is 4.79 Å². The highest BCUT2D eigenvalue weighted by atomic mass is 35.5. The predicted molar refractivity (Wildman–Crippen MR) is 127 cm³/mol. The van der Waals surface area contributed by atoms with Crippen LogP contribution in [-0.4, -0.2) is 64.3 Å². The molecule has 0 saturated carbocycles. The third kappa shape index (κ3) is 5.52. The molecule has 1 unspecified atom stereocenters. The molecule has 1 atom stereocenters. The van der Waals surface area contributed by atoms with E-state index in [0.717, 1.165) is 62.0 Å². The number of hydrogen-bond acceptors (Lipinski definition) is 6. The van der Waals surface area contributed by atoms with Crippen molar-refractivity contribution in [3.8, 4) is 0 Å². The van der Waals surface area contributed by atoms with Crippen molar-refractivity contribution < 1.29 is 4.79 Å². The normalized spacial score (nSPS) is 20.0. The highest BCUT2D eigenvalue weighted by molar-refractivity contribution is 7.97. The number of piperazine rings is 1. The number of halogens is 1. The predicted octanol–water partition coefficient (Wildman–Crippen LogP) is 3.94. The van der Waals surface area contributed by atoms with E-state index >= 15 is 0 Å². The van der Waals surface area contributed by atoms with Crippen molar-refractivity contribution in [2.45, 2.75) is 30.7 Å². The van der Waals surface area contributed by atoms with Crippen molar-refractivity contribution >= 4 is 35.3 Å². The number of piperidine rings is 1. The van der Waals surface area contributed by atoms with E-state index in [0.29, 0.717) is 11.7 Å². The van der Waals surface area contributed by atoms with Gasteiger partial charge < -0.3 is 10.6 Å². The summed E-state index contributed by atoms with van der Waals surface area (Å²) < 4.78 is 2.30. The molecule has 2 aliphatic rings. The Bertz CT molecular complexity index is 897. The number of nitrogen functional groups attached to an aromatic ring is 1. The van der Waals surface area contributed by atoms with Gasteiger partial charge in [0.25, 0.3) is 0 Å². The monoisotopic (exact) mass is 459 g/mol. The van der Waals surface area contributed by atoms with E-state index < -0.39 is 0 Å². The van der Waals surface area contributed by atoms with Crippen LogP contribution >= 0.6 is 23.5 Å². The Morgan fingerprint density at radius 1 is 1.13 bits per heavy atom. The minimum atomic E-state index is 0.133. The molecule has 2 N–H and O–H groups in total. The zero-order chi connectivity index (χ0) is 21.8. The Morgan fingerprint density at radius 3 is 2.52 bits per heavy atom. The second-order valence-corrected chi connectivity index (χ2v) is 9.82. The number of anilines is 1. The number of likely N-dealkylation sites (tertiary alicyclic amines) is 1. The summed E-state index contributed by atoms with van der Waals surface area (Å²) in [4.78, 5) is 22.7. The van der Waals surface area contributed by atoms with Crippen molar-refractivity contribution in [2.24, 2.45) is 5.92 Å². The van der Waals surface area contributed by atoms with Gasteiger partial charge in [0.05, 0.1) is 5.02 Å². The molecule has 0 bridgehead atoms. The lowest BCUT2D eigenvalue weighted by atomic mass is 9.93. The topological polar surface area (TPSA) is 65.7 Å². The van der Waals surface area contributed by atoms with Gasteiger partial charge in [-0.3, -0.25) is 9.69 Å². The molecule has 31 heavy (non-hydrogen) atoms. The van der Waals surface area contributed by atoms with Crippen LogP contribution in [0.5, 0.6) is 0 Å². The molecule has 0 spiro atoms. The maximum atomic E-state index is 13.1. The fraction of sp³-hybridized carbons (Fsp3) is 0.478. The van der Waals surface area contributed by atoms with Gasteiger partial charge in [-0.15, -0.1) is 0 Å². The molecule has 1 aromatic carbocycles. The van der Waals surface area contributed by atoms with Crippen LogP contribution in [0.2, 0.25) is 5.02 Å². The summed E-state index contributed by atoms with van der Waals surface area (Å²) in [6.07, 6.45) is 3.60. The van der Waals surface area contributed by atoms with E-state index in [1.165, 1.54) is 5.56 Å². The highest BCUT2D eigenvalue weighted by Crippen LogP contribution is 2.31. The second kappa shape index (κ2) is 10.2. The average molecular weight is 460 g/mol. The Labute approximate surface area is 193 Å². The second-order valence-electron chi connectivity index (χ2n) is 8.28. The Balaban J connectivity index is 1.24. The molecule has 8 heteroatoms. The molecule has 1 aromatic heterocycles. The Hall–Kier alpha value is -1.80. The number of benzene rings is 1. The van der Waals surface area contributed by atoms with E-state index in [1.807, 2.05) is 36.4 Å². The van der Waals surface area contributed by atoms with Crippen molar-refractivity contribution in [3.05, 3.63) is 53.2 Å². The van der Waals surface area contributed by atoms with Gasteiger partial charge in [0.1, 0.15) is 5.82 Å². The summed E-state index contributed by atoms with van der Waals surface area (Å²) in [5.41, 5.74) is 7.02. The van der Waals surface area contributed by atoms with Gasteiger partial charge in [-0.05, 0) is 74.6 Å². The van der Waals surface area contributed by atoms with Gasteiger partial charge in [-0.1, -0.05) is 23.7 Å². The molecule has 2 fully saturated rings. The van der Waals surface area contributed by atoms with E-state index in [1.54, 1.807) is 18.1 Å². The van der Waals surface area contributed by atoms with Crippen LogP contribution in [0.15, 0.2) is 47.5 Å². The smallest absolute Gasteiger partial charge is 0.225 e. The standard InChI is InChI=1S/C23H30ClN5OS/c1-17(19-6-9-26-22(25)16-19)27-10-7-18(8-11-27)23(30)28-12-14-29(15-13-28)31-21-5-3-2-4-20(21)24/h2-6,9,16-18H,7-8,10-15H2,1H3,(H2,25,26). The van der Waals surface area contributed by atoms with Gasteiger partial charge >= 0.3 is 0 Å². The average Bonchev–Trinajstić information content (AvgIpc) is 2.80. The Kier molecular flexibility index (Phi) is 7.38. The molecule has 0 aliphatic carbocycles. The number of rotatable bonds is 5. The molecular formula is C23H30ClN5OS. The van der Waals surface area contributed by atoms with Crippen molar-refractivity contribution in [3.63, 3.8) is 0 Å². The van der Waals surface area contributed by atoms with Gasteiger partial charge in [0, 0.05) is 49.2 Å². The van der Waals surface area contributed by atoms with Crippen molar-refractivity contribution in [1.29, 1.82) is 0 Å². The fourth-order valence-corrected chi connectivity index (χ4v) is 5.54. The van der Waals surface area contributed by atoms with E-state index in [4.69, 9.17) is 17.3 Å². The molecule has 2 saturated heterocycles. The summed E-state index contributed by atoms with van der Waals surface area (Å²) in [6, 6.07) is 12.2. The third-order valence-electron chi connectivity index (χ3n) is 6.33. The van der Waals surface area contributed by atoms with Gasteiger partial charge in [-0.25, -0.2) is 9.29 Å². The van der Waals surface area contributed by atoms with Crippen LogP contribution in [0.1, 0.15) is 31.4 Å². The third-order valence-corrected chi connectivity index (χ3v) is 7.95. The number of carbonyl (C=O) groups is 1. The minimum Gasteiger partial charge on any atom is -0.384 e. The summed E-state index contributed by atoms with van der Waals surface area (Å²) in [5, 5.41) is 0.779. The van der Waals surface area contributed by atoms with Crippen LogP contribution in [0.25, 0.3) is 0 Å². The van der Waals surface area contributed by atoms with Crippen molar-refractivity contribution in [1.82, 2.24) is 19.1 Å². The van der Waals surface area contributed by atoms with Crippen molar-refractivity contribution in [2.75, 3.05) is 45.0 Å². The number of aromatic nitrogens is 1. The van der Waals surface area contributed by atoms with E-state index in [2.05, 4.69) is 26.0 Å². The molecule has 166 valence electrons. The first-order chi connectivity index (χ1) is 15.0.